The molecule has 2 fully saturated rings. The molecule has 2 atom stereocenters. The molecule has 240 valence electrons. The highest BCUT2D eigenvalue weighted by atomic mass is 19.1. The number of allylic oxidation sites excluding steroid dienone is 1. The molecule has 2 aromatic carbocycles. The standard InChI is InChI=1S/2C18H24FNO2/c1-4-18(13-14(2)3,20-9-11-22-12-10-20)17(21)15-5-7-16(19)8-6-15;1-3-5-10-18(4-2,20-11-13-22-14-12-20)17(21)15-6-8-16(19)9-7-15/h5-8H,2,4,9-13H2,1,3H3;3,5-9H,4,10-14H2,1-2H3. The number of ketones is 2. The Morgan fingerprint density at radius 1 is 0.773 bits per heavy atom. The summed E-state index contributed by atoms with van der Waals surface area (Å²) in [7, 11) is 0. The first-order chi connectivity index (χ1) is 21.1. The van der Waals surface area contributed by atoms with Gasteiger partial charge in [-0.2, -0.15) is 0 Å². The summed E-state index contributed by atoms with van der Waals surface area (Å²) in [6.07, 6.45) is 6.70. The van der Waals surface area contributed by atoms with Crippen molar-refractivity contribution in [3.8, 4) is 0 Å². The van der Waals surface area contributed by atoms with E-state index in [1.807, 2.05) is 39.8 Å². The molecule has 8 heteroatoms. The Bertz CT molecular complexity index is 1250. The molecule has 4 rings (SSSR count). The van der Waals surface area contributed by atoms with Gasteiger partial charge >= 0.3 is 0 Å². The number of carbonyl (C=O) groups excluding carboxylic acids is 2. The number of morpholine rings is 2. The van der Waals surface area contributed by atoms with Crippen LogP contribution in [0.5, 0.6) is 0 Å². The second-order valence-corrected chi connectivity index (χ2v) is 11.5. The lowest BCUT2D eigenvalue weighted by atomic mass is 9.79. The van der Waals surface area contributed by atoms with E-state index in [-0.39, 0.29) is 23.2 Å². The highest BCUT2D eigenvalue weighted by molar-refractivity contribution is 6.04. The van der Waals surface area contributed by atoms with Crippen LogP contribution in [-0.4, -0.2) is 85.1 Å². The maximum absolute atomic E-state index is 13.2. The Hall–Kier alpha value is -3.04. The van der Waals surface area contributed by atoms with Crippen molar-refractivity contribution in [2.24, 2.45) is 0 Å². The molecule has 0 aromatic heterocycles. The molecule has 2 unspecified atom stereocenters. The molecule has 0 bridgehead atoms. The van der Waals surface area contributed by atoms with Crippen LogP contribution in [0.15, 0.2) is 72.8 Å². The molecule has 2 aliphatic rings. The average molecular weight is 611 g/mol. The summed E-state index contributed by atoms with van der Waals surface area (Å²) >= 11 is 0. The molecule has 0 saturated carbocycles. The molecule has 0 aliphatic carbocycles. The van der Waals surface area contributed by atoms with Crippen molar-refractivity contribution in [2.45, 2.75) is 64.5 Å². The van der Waals surface area contributed by atoms with Crippen LogP contribution in [0.1, 0.15) is 74.1 Å². The summed E-state index contributed by atoms with van der Waals surface area (Å²) in [5.41, 5.74) is 0.903. The Labute approximate surface area is 261 Å². The summed E-state index contributed by atoms with van der Waals surface area (Å²) < 4.78 is 37.1. The normalized spacial score (nSPS) is 19.0. The quantitative estimate of drug-likeness (QED) is 0.192. The summed E-state index contributed by atoms with van der Waals surface area (Å²) in [5, 5.41) is 0. The van der Waals surface area contributed by atoms with Gasteiger partial charge in [0.25, 0.3) is 0 Å². The molecule has 0 radical (unpaired) electrons. The SMILES string of the molecule is C=C(C)CC(CC)(C(=O)c1ccc(F)cc1)N1CCOCC1.CC=CCC(CC)(C(=O)c1ccc(F)cc1)N1CCOCC1. The highest BCUT2D eigenvalue weighted by Crippen LogP contribution is 2.33. The van der Waals surface area contributed by atoms with Gasteiger partial charge in [-0.15, -0.1) is 6.58 Å². The van der Waals surface area contributed by atoms with Gasteiger partial charge in [0, 0.05) is 37.3 Å². The van der Waals surface area contributed by atoms with Crippen molar-refractivity contribution in [3.63, 3.8) is 0 Å². The average Bonchev–Trinajstić information content (AvgIpc) is 3.05. The minimum atomic E-state index is -0.618. The van der Waals surface area contributed by atoms with Gasteiger partial charge in [-0.3, -0.25) is 19.4 Å². The first-order valence-electron chi connectivity index (χ1n) is 15.7. The third kappa shape index (κ3) is 8.57. The van der Waals surface area contributed by atoms with Crippen LogP contribution in [0.25, 0.3) is 0 Å². The fourth-order valence-electron chi connectivity index (χ4n) is 6.27. The smallest absolute Gasteiger partial charge is 0.183 e. The molecule has 2 heterocycles. The zero-order chi connectivity index (χ0) is 32.2. The lowest BCUT2D eigenvalue weighted by Gasteiger charge is -2.44. The van der Waals surface area contributed by atoms with E-state index < -0.39 is 11.1 Å². The van der Waals surface area contributed by atoms with E-state index in [9.17, 15) is 18.4 Å². The van der Waals surface area contributed by atoms with Gasteiger partial charge in [-0.1, -0.05) is 31.6 Å². The second-order valence-electron chi connectivity index (χ2n) is 11.5. The number of nitrogens with zero attached hydrogens (tertiary/aromatic N) is 2. The molecule has 0 spiro atoms. The zero-order valence-electron chi connectivity index (χ0n) is 26.7. The van der Waals surface area contributed by atoms with Gasteiger partial charge in [0.1, 0.15) is 11.6 Å². The fourth-order valence-corrected chi connectivity index (χ4v) is 6.27. The van der Waals surface area contributed by atoms with Gasteiger partial charge in [0.05, 0.1) is 37.5 Å². The number of rotatable bonds is 12. The summed E-state index contributed by atoms with van der Waals surface area (Å²) in [4.78, 5) is 30.8. The van der Waals surface area contributed by atoms with Crippen molar-refractivity contribution < 1.29 is 27.8 Å². The molecule has 2 aliphatic heterocycles. The molecule has 2 saturated heterocycles. The van der Waals surface area contributed by atoms with Crippen LogP contribution in [0.3, 0.4) is 0 Å². The number of hydrogen-bond donors (Lipinski definition) is 0. The van der Waals surface area contributed by atoms with Crippen LogP contribution in [0.4, 0.5) is 8.78 Å². The Kier molecular flexibility index (Phi) is 13.6. The molecule has 2 aromatic rings. The van der Waals surface area contributed by atoms with Gasteiger partial charge in [0.15, 0.2) is 11.6 Å². The van der Waals surface area contributed by atoms with Crippen molar-refractivity contribution in [1.29, 1.82) is 0 Å². The third-order valence-corrected chi connectivity index (χ3v) is 8.75. The number of benzene rings is 2. The van der Waals surface area contributed by atoms with Crippen molar-refractivity contribution >= 4 is 11.6 Å². The van der Waals surface area contributed by atoms with Crippen molar-refractivity contribution in [3.05, 3.63) is 95.6 Å². The predicted molar refractivity (Wildman–Crippen MR) is 171 cm³/mol. The zero-order valence-corrected chi connectivity index (χ0v) is 26.7. The Morgan fingerprint density at radius 2 is 1.16 bits per heavy atom. The first kappa shape index (κ1) is 35.4. The van der Waals surface area contributed by atoms with Gasteiger partial charge in [-0.05, 0) is 88.1 Å². The van der Waals surface area contributed by atoms with Crippen LogP contribution in [-0.2, 0) is 9.47 Å². The van der Waals surface area contributed by atoms with Gasteiger partial charge in [0.2, 0.25) is 0 Å². The van der Waals surface area contributed by atoms with E-state index in [0.29, 0.717) is 63.2 Å². The maximum Gasteiger partial charge on any atom is 0.183 e. The lowest BCUT2D eigenvalue weighted by molar-refractivity contribution is -0.0162. The second kappa shape index (κ2) is 16.9. The largest absolute Gasteiger partial charge is 0.379 e. The molecule has 0 N–H and O–H groups in total. The van der Waals surface area contributed by atoms with Gasteiger partial charge < -0.3 is 9.47 Å². The molecule has 44 heavy (non-hydrogen) atoms. The summed E-state index contributed by atoms with van der Waals surface area (Å²) in [6.45, 7) is 17.5. The Balaban J connectivity index is 0.000000240. The van der Waals surface area contributed by atoms with E-state index in [0.717, 1.165) is 31.8 Å². The van der Waals surface area contributed by atoms with E-state index in [1.54, 1.807) is 24.3 Å². The van der Waals surface area contributed by atoms with Crippen LogP contribution < -0.4 is 0 Å². The van der Waals surface area contributed by atoms with Crippen LogP contribution in [0, 0.1) is 11.6 Å². The number of ether oxygens (including phenoxy) is 2. The monoisotopic (exact) mass is 610 g/mol. The summed E-state index contributed by atoms with van der Waals surface area (Å²) in [6, 6.07) is 11.7. The third-order valence-electron chi connectivity index (χ3n) is 8.75. The van der Waals surface area contributed by atoms with Crippen molar-refractivity contribution in [2.75, 3.05) is 52.6 Å². The van der Waals surface area contributed by atoms with E-state index in [2.05, 4.69) is 16.4 Å². The number of Topliss-reactive ketones (excluding diaryl/α,β-unsaturated/α-hetero) is 2. The minimum absolute atomic E-state index is 0.0416. The number of hydrogen-bond acceptors (Lipinski definition) is 6. The van der Waals surface area contributed by atoms with E-state index in [1.165, 1.54) is 24.3 Å². The van der Waals surface area contributed by atoms with E-state index in [4.69, 9.17) is 9.47 Å². The number of halogens is 2. The predicted octanol–water partition coefficient (Wildman–Crippen LogP) is 6.91. The van der Waals surface area contributed by atoms with Crippen LogP contribution >= 0.6 is 0 Å². The molecular formula is C36H48F2N2O4. The lowest BCUT2D eigenvalue weighted by Crippen LogP contribution is -2.58. The van der Waals surface area contributed by atoms with E-state index >= 15 is 0 Å². The molecule has 0 amide bonds. The molecule has 6 nitrogen and oxygen atoms in total. The van der Waals surface area contributed by atoms with Crippen molar-refractivity contribution in [1.82, 2.24) is 9.80 Å². The summed E-state index contributed by atoms with van der Waals surface area (Å²) in [5.74, 6) is -0.543. The number of carbonyl (C=O) groups is 2. The highest BCUT2D eigenvalue weighted by Gasteiger charge is 2.44. The van der Waals surface area contributed by atoms with Crippen LogP contribution in [0.2, 0.25) is 0 Å². The first-order valence-corrected chi connectivity index (χ1v) is 15.7. The van der Waals surface area contributed by atoms with Gasteiger partial charge in [-0.25, -0.2) is 8.78 Å². The topological polar surface area (TPSA) is 59.1 Å². The maximum atomic E-state index is 13.2. The minimum Gasteiger partial charge on any atom is -0.379 e. The Morgan fingerprint density at radius 3 is 1.52 bits per heavy atom. The fraction of sp³-hybridized carbons (Fsp3) is 0.500. The molecular weight excluding hydrogens is 562 g/mol.